The molecule has 0 unspecified atom stereocenters. The van der Waals surface area contributed by atoms with Crippen molar-refractivity contribution in [3.63, 3.8) is 0 Å². The molecule has 0 saturated carbocycles. The third kappa shape index (κ3) is 3.67. The Balaban J connectivity index is 1.53. The second-order valence-corrected chi connectivity index (χ2v) is 6.68. The van der Waals surface area contributed by atoms with Crippen molar-refractivity contribution in [2.45, 2.75) is 26.8 Å². The average Bonchev–Trinajstić information content (AvgIpc) is 3.29. The van der Waals surface area contributed by atoms with Gasteiger partial charge in [-0.05, 0) is 38.1 Å². The topological polar surface area (TPSA) is 70.2 Å². The summed E-state index contributed by atoms with van der Waals surface area (Å²) < 4.78 is 13.5. The van der Waals surface area contributed by atoms with Crippen LogP contribution >= 0.6 is 0 Å². The van der Waals surface area contributed by atoms with Crippen LogP contribution in [0.15, 0.2) is 59.3 Å². The maximum Gasteiger partial charge on any atom is 0.226 e. The molecule has 3 aromatic heterocycles. The van der Waals surface area contributed by atoms with Crippen molar-refractivity contribution in [1.82, 2.24) is 14.5 Å². The predicted octanol–water partition coefficient (Wildman–Crippen LogP) is 4.21. The van der Waals surface area contributed by atoms with E-state index in [2.05, 4.69) is 14.5 Å². The molecule has 0 aliphatic carbocycles. The van der Waals surface area contributed by atoms with E-state index in [1.54, 1.807) is 12.3 Å². The van der Waals surface area contributed by atoms with Crippen molar-refractivity contribution in [3.8, 4) is 17.2 Å². The van der Waals surface area contributed by atoms with Crippen LogP contribution in [0.3, 0.4) is 0 Å². The minimum atomic E-state index is -0.0138. The highest BCUT2D eigenvalue weighted by Crippen LogP contribution is 2.26. The van der Waals surface area contributed by atoms with Gasteiger partial charge in [-0.3, -0.25) is 4.79 Å². The van der Waals surface area contributed by atoms with E-state index < -0.39 is 0 Å². The fraction of sp³-hybridized carbons (Fsp3) is 0.227. The predicted molar refractivity (Wildman–Crippen MR) is 106 cm³/mol. The number of pyridine rings is 1. The normalized spacial score (nSPS) is 11.1. The van der Waals surface area contributed by atoms with E-state index in [-0.39, 0.29) is 12.4 Å². The summed E-state index contributed by atoms with van der Waals surface area (Å²) in [6.45, 7) is 4.22. The van der Waals surface area contributed by atoms with Crippen molar-refractivity contribution in [1.29, 1.82) is 0 Å². The fourth-order valence-corrected chi connectivity index (χ4v) is 3.14. The number of carbonyl (C=O) groups excluding carboxylic acids is 1. The van der Waals surface area contributed by atoms with Gasteiger partial charge in [-0.2, -0.15) is 0 Å². The Hall–Kier alpha value is -3.41. The minimum absolute atomic E-state index is 0.0138. The van der Waals surface area contributed by atoms with Crippen LogP contribution in [-0.4, -0.2) is 26.9 Å². The van der Waals surface area contributed by atoms with Crippen molar-refractivity contribution >= 4 is 16.8 Å². The first-order valence-corrected chi connectivity index (χ1v) is 9.19. The summed E-state index contributed by atoms with van der Waals surface area (Å²) in [4.78, 5) is 20.3. The molecule has 0 fully saturated rings. The molecule has 4 rings (SSSR count). The van der Waals surface area contributed by atoms with E-state index in [1.807, 2.05) is 49.5 Å². The molecule has 3 heterocycles. The van der Waals surface area contributed by atoms with E-state index in [4.69, 9.17) is 9.15 Å². The Labute approximate surface area is 162 Å². The summed E-state index contributed by atoms with van der Waals surface area (Å²) in [7, 11) is 0. The standard InChI is InChI=1S/C22H21N3O3/c1-15(26)14-27-20-8-11-23-21-18(20)9-12-25(21)13-10-19-16(2)28-22(24-19)17-6-4-3-5-7-17/h3-9,11-12H,10,13-14H2,1-2H3. The molecule has 6 nitrogen and oxygen atoms in total. The van der Waals surface area contributed by atoms with Gasteiger partial charge in [0.25, 0.3) is 0 Å². The molecule has 6 heteroatoms. The van der Waals surface area contributed by atoms with Gasteiger partial charge in [0, 0.05) is 30.9 Å². The van der Waals surface area contributed by atoms with Gasteiger partial charge in [-0.1, -0.05) is 18.2 Å². The Morgan fingerprint density at radius 2 is 2.00 bits per heavy atom. The first-order chi connectivity index (χ1) is 13.6. The van der Waals surface area contributed by atoms with Crippen molar-refractivity contribution in [2.24, 2.45) is 0 Å². The molecule has 0 spiro atoms. The van der Waals surface area contributed by atoms with Crippen LogP contribution in [0.4, 0.5) is 0 Å². The summed E-state index contributed by atoms with van der Waals surface area (Å²) in [6.07, 6.45) is 4.40. The van der Waals surface area contributed by atoms with Crippen LogP contribution in [0.2, 0.25) is 0 Å². The number of aryl methyl sites for hydroxylation is 3. The van der Waals surface area contributed by atoms with Crippen LogP contribution in [-0.2, 0) is 17.8 Å². The summed E-state index contributed by atoms with van der Waals surface area (Å²) in [5.41, 5.74) is 2.73. The quantitative estimate of drug-likeness (QED) is 0.484. The van der Waals surface area contributed by atoms with E-state index in [0.717, 1.165) is 34.5 Å². The van der Waals surface area contributed by atoms with Gasteiger partial charge < -0.3 is 13.7 Å². The molecule has 0 saturated heterocycles. The van der Waals surface area contributed by atoms with Crippen LogP contribution in [0, 0.1) is 6.92 Å². The van der Waals surface area contributed by atoms with E-state index in [1.165, 1.54) is 6.92 Å². The number of nitrogens with zero attached hydrogens (tertiary/aromatic N) is 3. The summed E-state index contributed by atoms with van der Waals surface area (Å²) >= 11 is 0. The number of oxazole rings is 1. The van der Waals surface area contributed by atoms with Gasteiger partial charge in [-0.25, -0.2) is 9.97 Å². The number of fused-ring (bicyclic) bond motifs is 1. The lowest BCUT2D eigenvalue weighted by Gasteiger charge is -2.07. The first-order valence-electron chi connectivity index (χ1n) is 9.19. The minimum Gasteiger partial charge on any atom is -0.485 e. The number of aromatic nitrogens is 3. The SMILES string of the molecule is CC(=O)COc1ccnc2c1ccn2CCc1nc(-c2ccccc2)oc1C. The Kier molecular flexibility index (Phi) is 4.93. The van der Waals surface area contributed by atoms with Gasteiger partial charge in [0.2, 0.25) is 5.89 Å². The Morgan fingerprint density at radius 1 is 1.18 bits per heavy atom. The number of ketones is 1. The zero-order valence-corrected chi connectivity index (χ0v) is 15.9. The number of hydrogen-bond donors (Lipinski definition) is 0. The monoisotopic (exact) mass is 375 g/mol. The van der Waals surface area contributed by atoms with Crippen molar-refractivity contribution in [2.75, 3.05) is 6.61 Å². The molecule has 0 atom stereocenters. The molecule has 0 radical (unpaired) electrons. The van der Waals surface area contributed by atoms with E-state index in [9.17, 15) is 4.79 Å². The van der Waals surface area contributed by atoms with Crippen molar-refractivity contribution < 1.29 is 13.9 Å². The largest absolute Gasteiger partial charge is 0.485 e. The second kappa shape index (κ2) is 7.68. The number of carbonyl (C=O) groups is 1. The summed E-state index contributed by atoms with van der Waals surface area (Å²) in [6, 6.07) is 13.6. The van der Waals surface area contributed by atoms with Crippen LogP contribution < -0.4 is 4.74 Å². The third-order valence-electron chi connectivity index (χ3n) is 4.56. The Bertz CT molecular complexity index is 1110. The number of rotatable bonds is 7. The lowest BCUT2D eigenvalue weighted by atomic mass is 10.2. The highest BCUT2D eigenvalue weighted by Gasteiger charge is 2.13. The summed E-state index contributed by atoms with van der Waals surface area (Å²) in [5, 5.41) is 0.894. The lowest BCUT2D eigenvalue weighted by Crippen LogP contribution is -2.07. The van der Waals surface area contributed by atoms with Gasteiger partial charge in [0.05, 0.1) is 11.1 Å². The number of benzene rings is 1. The maximum atomic E-state index is 11.2. The molecule has 1 aromatic carbocycles. The smallest absolute Gasteiger partial charge is 0.226 e. The number of hydrogen-bond acceptors (Lipinski definition) is 5. The van der Waals surface area contributed by atoms with E-state index >= 15 is 0 Å². The molecule has 0 aliphatic heterocycles. The summed E-state index contributed by atoms with van der Waals surface area (Å²) in [5.74, 6) is 2.13. The van der Waals surface area contributed by atoms with Gasteiger partial charge in [0.15, 0.2) is 5.78 Å². The molecule has 4 aromatic rings. The molecule has 28 heavy (non-hydrogen) atoms. The first kappa shape index (κ1) is 18.0. The molecule has 142 valence electrons. The molecule has 0 bridgehead atoms. The van der Waals surface area contributed by atoms with Crippen LogP contribution in [0.5, 0.6) is 5.75 Å². The van der Waals surface area contributed by atoms with E-state index in [0.29, 0.717) is 18.2 Å². The van der Waals surface area contributed by atoms with Crippen LogP contribution in [0.25, 0.3) is 22.5 Å². The Morgan fingerprint density at radius 3 is 2.79 bits per heavy atom. The highest BCUT2D eigenvalue weighted by atomic mass is 16.5. The van der Waals surface area contributed by atoms with Crippen molar-refractivity contribution in [3.05, 3.63) is 66.3 Å². The zero-order chi connectivity index (χ0) is 19.5. The zero-order valence-electron chi connectivity index (χ0n) is 15.9. The third-order valence-corrected chi connectivity index (χ3v) is 4.56. The fourth-order valence-electron chi connectivity index (χ4n) is 3.14. The molecular formula is C22H21N3O3. The maximum absolute atomic E-state index is 11.2. The van der Waals surface area contributed by atoms with Gasteiger partial charge in [-0.15, -0.1) is 0 Å². The number of Topliss-reactive ketones (excluding diaryl/α,β-unsaturated/α-hetero) is 1. The van der Waals surface area contributed by atoms with Crippen LogP contribution in [0.1, 0.15) is 18.4 Å². The second-order valence-electron chi connectivity index (χ2n) is 6.68. The lowest BCUT2D eigenvalue weighted by molar-refractivity contribution is -0.118. The van der Waals surface area contributed by atoms with Gasteiger partial charge in [0.1, 0.15) is 23.8 Å². The highest BCUT2D eigenvalue weighted by molar-refractivity contribution is 5.84. The molecule has 0 aliphatic rings. The molecular weight excluding hydrogens is 354 g/mol. The van der Waals surface area contributed by atoms with Gasteiger partial charge >= 0.3 is 0 Å². The molecule has 0 N–H and O–H groups in total. The average molecular weight is 375 g/mol. The number of ether oxygens (including phenoxy) is 1. The molecule has 0 amide bonds.